The fourth-order valence-corrected chi connectivity index (χ4v) is 4.44. The number of hydrogen-bond acceptors (Lipinski definition) is 4. The first-order valence-electron chi connectivity index (χ1n) is 9.30. The van der Waals surface area contributed by atoms with E-state index in [2.05, 4.69) is 9.88 Å². The summed E-state index contributed by atoms with van der Waals surface area (Å²) in [6, 6.07) is 6.34. The van der Waals surface area contributed by atoms with Gasteiger partial charge in [-0.1, -0.05) is 6.07 Å². The van der Waals surface area contributed by atoms with Crippen molar-refractivity contribution in [3.63, 3.8) is 0 Å². The molecule has 3 saturated heterocycles. The summed E-state index contributed by atoms with van der Waals surface area (Å²) in [6.45, 7) is 4.98. The Kier molecular flexibility index (Phi) is 4.55. The van der Waals surface area contributed by atoms with Crippen molar-refractivity contribution in [3.05, 3.63) is 30.1 Å². The molecule has 1 atom stereocenters. The van der Waals surface area contributed by atoms with Crippen molar-refractivity contribution in [2.75, 3.05) is 32.8 Å². The molecule has 24 heavy (non-hydrogen) atoms. The van der Waals surface area contributed by atoms with Crippen LogP contribution in [0.25, 0.3) is 0 Å². The van der Waals surface area contributed by atoms with Crippen LogP contribution in [0.4, 0.5) is 0 Å². The van der Waals surface area contributed by atoms with Crippen LogP contribution in [0, 0.1) is 0 Å². The van der Waals surface area contributed by atoms with Crippen molar-refractivity contribution >= 4 is 5.91 Å². The van der Waals surface area contributed by atoms with Crippen LogP contribution in [0.15, 0.2) is 24.4 Å². The third-order valence-electron chi connectivity index (χ3n) is 5.93. The first kappa shape index (κ1) is 16.0. The van der Waals surface area contributed by atoms with Gasteiger partial charge in [0, 0.05) is 31.0 Å². The second kappa shape index (κ2) is 6.81. The fraction of sp³-hybridized carbons (Fsp3) is 0.684. The monoisotopic (exact) mass is 329 g/mol. The van der Waals surface area contributed by atoms with Gasteiger partial charge in [0.15, 0.2) is 0 Å². The average molecular weight is 329 g/mol. The normalized spacial score (nSPS) is 27.0. The number of hydrogen-bond donors (Lipinski definition) is 0. The number of pyridine rings is 1. The maximum absolute atomic E-state index is 12.5. The van der Waals surface area contributed by atoms with E-state index in [4.69, 9.17) is 4.74 Å². The van der Waals surface area contributed by atoms with Crippen LogP contribution in [0.5, 0.6) is 0 Å². The molecule has 3 aliphatic rings. The second-order valence-corrected chi connectivity index (χ2v) is 7.47. The van der Waals surface area contributed by atoms with Crippen LogP contribution < -0.4 is 0 Å². The predicted molar refractivity (Wildman–Crippen MR) is 91.7 cm³/mol. The van der Waals surface area contributed by atoms with Crippen molar-refractivity contribution in [1.29, 1.82) is 0 Å². The number of carbonyl (C=O) groups excluding carboxylic acids is 1. The highest BCUT2D eigenvalue weighted by molar-refractivity contribution is 5.78. The predicted octanol–water partition coefficient (Wildman–Crippen LogP) is 1.87. The summed E-state index contributed by atoms with van der Waals surface area (Å²) in [5.74, 6) is 0.192. The maximum Gasteiger partial charge on any atom is 0.228 e. The van der Waals surface area contributed by atoms with Crippen LogP contribution in [-0.4, -0.2) is 65.1 Å². The zero-order valence-corrected chi connectivity index (χ0v) is 14.3. The average Bonchev–Trinajstić information content (AvgIpc) is 3.27. The van der Waals surface area contributed by atoms with Crippen LogP contribution in [0.2, 0.25) is 0 Å². The molecule has 3 fully saturated rings. The van der Waals surface area contributed by atoms with Gasteiger partial charge in [0.05, 0.1) is 18.6 Å². The number of aromatic nitrogens is 1. The van der Waals surface area contributed by atoms with Crippen LogP contribution in [0.1, 0.15) is 37.8 Å². The van der Waals surface area contributed by atoms with Crippen molar-refractivity contribution in [1.82, 2.24) is 14.8 Å². The van der Waals surface area contributed by atoms with E-state index in [9.17, 15) is 4.79 Å². The molecule has 0 aliphatic carbocycles. The van der Waals surface area contributed by atoms with Crippen molar-refractivity contribution in [2.45, 2.75) is 50.2 Å². The number of ether oxygens (including phenoxy) is 1. The van der Waals surface area contributed by atoms with Gasteiger partial charge in [-0.25, -0.2) is 0 Å². The summed E-state index contributed by atoms with van der Waals surface area (Å²) in [5.41, 5.74) is 0.878. The fourth-order valence-electron chi connectivity index (χ4n) is 4.44. The minimum absolute atomic E-state index is 0.0229. The Morgan fingerprint density at radius 1 is 1.21 bits per heavy atom. The number of likely N-dealkylation sites (tertiary alicyclic amines) is 2. The molecule has 1 aromatic rings. The Hall–Kier alpha value is -1.46. The Balaban J connectivity index is 1.29. The number of rotatable bonds is 3. The van der Waals surface area contributed by atoms with Crippen LogP contribution >= 0.6 is 0 Å². The zero-order chi connectivity index (χ0) is 16.4. The summed E-state index contributed by atoms with van der Waals surface area (Å²) in [4.78, 5) is 21.3. The Labute approximate surface area is 144 Å². The van der Waals surface area contributed by atoms with Crippen molar-refractivity contribution < 1.29 is 9.53 Å². The van der Waals surface area contributed by atoms with Gasteiger partial charge < -0.3 is 9.64 Å². The van der Waals surface area contributed by atoms with E-state index in [1.165, 1.54) is 25.9 Å². The van der Waals surface area contributed by atoms with E-state index in [0.29, 0.717) is 12.5 Å². The van der Waals surface area contributed by atoms with Crippen LogP contribution in [0.3, 0.4) is 0 Å². The highest BCUT2D eigenvalue weighted by Gasteiger charge is 2.45. The lowest BCUT2D eigenvalue weighted by atomic mass is 9.87. The quantitative estimate of drug-likeness (QED) is 0.849. The molecule has 0 radical (unpaired) electrons. The van der Waals surface area contributed by atoms with E-state index in [1.54, 1.807) is 6.20 Å². The molecular weight excluding hydrogens is 302 g/mol. The topological polar surface area (TPSA) is 45.7 Å². The van der Waals surface area contributed by atoms with Gasteiger partial charge in [-0.2, -0.15) is 0 Å². The summed E-state index contributed by atoms with van der Waals surface area (Å²) in [6.07, 6.45) is 7.92. The number of piperidine rings is 1. The largest absolute Gasteiger partial charge is 0.373 e. The van der Waals surface area contributed by atoms with Crippen LogP contribution in [-0.2, 0) is 16.0 Å². The lowest BCUT2D eigenvalue weighted by Crippen LogP contribution is -2.47. The molecule has 130 valence electrons. The summed E-state index contributed by atoms with van der Waals surface area (Å²) in [5, 5.41) is 0. The zero-order valence-electron chi connectivity index (χ0n) is 14.3. The number of nitrogens with zero attached hydrogens (tertiary/aromatic N) is 3. The summed E-state index contributed by atoms with van der Waals surface area (Å²) < 4.78 is 6.26. The van der Waals surface area contributed by atoms with Crippen molar-refractivity contribution in [3.8, 4) is 0 Å². The number of amides is 1. The minimum Gasteiger partial charge on any atom is -0.373 e. The van der Waals surface area contributed by atoms with Crippen molar-refractivity contribution in [2.24, 2.45) is 0 Å². The molecular formula is C19H27N3O2. The first-order valence-corrected chi connectivity index (χ1v) is 9.30. The van der Waals surface area contributed by atoms with Gasteiger partial charge in [-0.3, -0.25) is 14.7 Å². The third kappa shape index (κ3) is 3.33. The SMILES string of the molecule is O=C(Cc1ccccn1)N1CCC2(CC1)C[C@@H](N1CCCC1)CO2. The summed E-state index contributed by atoms with van der Waals surface area (Å²) >= 11 is 0. The molecule has 5 nitrogen and oxygen atoms in total. The lowest BCUT2D eigenvalue weighted by molar-refractivity contribution is -0.135. The highest BCUT2D eigenvalue weighted by atomic mass is 16.5. The van der Waals surface area contributed by atoms with Gasteiger partial charge in [0.2, 0.25) is 5.91 Å². The molecule has 1 amide bonds. The molecule has 4 heterocycles. The lowest BCUT2D eigenvalue weighted by Gasteiger charge is -2.39. The highest BCUT2D eigenvalue weighted by Crippen LogP contribution is 2.38. The van der Waals surface area contributed by atoms with E-state index >= 15 is 0 Å². The van der Waals surface area contributed by atoms with Gasteiger partial charge in [0.1, 0.15) is 0 Å². The van der Waals surface area contributed by atoms with E-state index < -0.39 is 0 Å². The minimum atomic E-state index is 0.0229. The van der Waals surface area contributed by atoms with Gasteiger partial charge in [0.25, 0.3) is 0 Å². The molecule has 0 aromatic carbocycles. The molecule has 4 rings (SSSR count). The van der Waals surface area contributed by atoms with E-state index in [-0.39, 0.29) is 11.5 Å². The maximum atomic E-state index is 12.5. The smallest absolute Gasteiger partial charge is 0.228 e. The Morgan fingerprint density at radius 2 is 2.00 bits per heavy atom. The van der Waals surface area contributed by atoms with E-state index in [1.807, 2.05) is 23.1 Å². The molecule has 0 bridgehead atoms. The number of carbonyl (C=O) groups is 1. The molecule has 0 unspecified atom stereocenters. The third-order valence-corrected chi connectivity index (χ3v) is 5.93. The molecule has 1 aromatic heterocycles. The van der Waals surface area contributed by atoms with Gasteiger partial charge in [-0.15, -0.1) is 0 Å². The molecule has 0 saturated carbocycles. The first-order chi connectivity index (χ1) is 11.7. The van der Waals surface area contributed by atoms with Gasteiger partial charge >= 0.3 is 0 Å². The summed E-state index contributed by atoms with van der Waals surface area (Å²) in [7, 11) is 0. The Bertz CT molecular complexity index is 563. The molecule has 0 N–H and O–H groups in total. The van der Waals surface area contributed by atoms with Gasteiger partial charge in [-0.05, 0) is 57.3 Å². The molecule has 5 heteroatoms. The molecule has 1 spiro atoms. The second-order valence-electron chi connectivity index (χ2n) is 7.47. The van der Waals surface area contributed by atoms with E-state index in [0.717, 1.165) is 44.7 Å². The molecule has 3 aliphatic heterocycles. The Morgan fingerprint density at radius 3 is 2.71 bits per heavy atom. The standard InChI is InChI=1S/C19H27N3O2/c23-18(13-16-5-1-2-8-20-16)22-11-6-19(7-12-22)14-17(15-24-19)21-9-3-4-10-21/h1-2,5,8,17H,3-4,6-7,9-15H2/t17-/m1/s1.